The van der Waals surface area contributed by atoms with Crippen LogP contribution in [0.4, 0.5) is 0 Å². The predicted octanol–water partition coefficient (Wildman–Crippen LogP) is 11.3. The zero-order valence-corrected chi connectivity index (χ0v) is 28.6. The van der Waals surface area contributed by atoms with E-state index in [0.29, 0.717) is 47.3 Å². The molecule has 0 atom stereocenters. The van der Waals surface area contributed by atoms with E-state index >= 15 is 0 Å². The minimum absolute atomic E-state index is 0.436. The average Bonchev–Trinajstić information content (AvgIpc) is 3.12. The van der Waals surface area contributed by atoms with E-state index < -0.39 is 11.9 Å². The first-order chi connectivity index (χ1) is 23.6. The van der Waals surface area contributed by atoms with E-state index in [9.17, 15) is 9.59 Å². The molecule has 0 amide bonds. The number of esters is 2. The van der Waals surface area contributed by atoms with Gasteiger partial charge < -0.3 is 18.9 Å². The lowest BCUT2D eigenvalue weighted by atomic mass is 10.1. The van der Waals surface area contributed by atoms with Gasteiger partial charge in [-0.05, 0) is 84.6 Å². The van der Waals surface area contributed by atoms with Crippen molar-refractivity contribution in [2.45, 2.75) is 90.9 Å². The van der Waals surface area contributed by atoms with Crippen molar-refractivity contribution in [3.63, 3.8) is 0 Å². The van der Waals surface area contributed by atoms with Crippen LogP contribution in [0.5, 0.6) is 23.0 Å². The number of benzene rings is 4. The SMILES string of the molecule is CCCCCCCCOc1cccc(C(=O)Oc2ccc(-c3ccc(OC(=O)c4cccc(OCCCCCCCC)c4)cc3)cc2)c1. The first kappa shape index (κ1) is 36.3. The van der Waals surface area contributed by atoms with Crippen LogP contribution in [0.25, 0.3) is 11.1 Å². The van der Waals surface area contributed by atoms with Crippen LogP contribution in [0, 0.1) is 0 Å². The Balaban J connectivity index is 1.23. The number of hydrogen-bond acceptors (Lipinski definition) is 6. The lowest BCUT2D eigenvalue weighted by Crippen LogP contribution is -2.09. The van der Waals surface area contributed by atoms with E-state index in [2.05, 4.69) is 13.8 Å². The summed E-state index contributed by atoms with van der Waals surface area (Å²) in [6.07, 6.45) is 14.4. The summed E-state index contributed by atoms with van der Waals surface area (Å²) >= 11 is 0. The van der Waals surface area contributed by atoms with Gasteiger partial charge >= 0.3 is 11.9 Å². The van der Waals surface area contributed by atoms with Gasteiger partial charge in [0.2, 0.25) is 0 Å². The number of carbonyl (C=O) groups is 2. The average molecular weight is 651 g/mol. The van der Waals surface area contributed by atoms with Gasteiger partial charge in [0.1, 0.15) is 23.0 Å². The molecule has 0 aliphatic heterocycles. The van der Waals surface area contributed by atoms with Crippen molar-refractivity contribution in [1.82, 2.24) is 0 Å². The molecule has 0 aliphatic rings. The van der Waals surface area contributed by atoms with Gasteiger partial charge in [-0.3, -0.25) is 0 Å². The van der Waals surface area contributed by atoms with Gasteiger partial charge in [-0.1, -0.05) is 114 Å². The number of unbranched alkanes of at least 4 members (excludes halogenated alkanes) is 10. The molecule has 0 saturated carbocycles. The normalized spacial score (nSPS) is 10.8. The smallest absolute Gasteiger partial charge is 0.343 e. The van der Waals surface area contributed by atoms with Crippen molar-refractivity contribution in [3.05, 3.63) is 108 Å². The van der Waals surface area contributed by atoms with Crippen LogP contribution in [0.3, 0.4) is 0 Å². The van der Waals surface area contributed by atoms with Crippen LogP contribution in [0.1, 0.15) is 112 Å². The van der Waals surface area contributed by atoms with Gasteiger partial charge in [-0.15, -0.1) is 0 Å². The molecule has 48 heavy (non-hydrogen) atoms. The summed E-state index contributed by atoms with van der Waals surface area (Å²) in [5.41, 5.74) is 2.76. The van der Waals surface area contributed by atoms with E-state index in [1.54, 1.807) is 60.7 Å². The highest BCUT2D eigenvalue weighted by Crippen LogP contribution is 2.26. The monoisotopic (exact) mass is 650 g/mol. The molecule has 0 saturated heterocycles. The summed E-state index contributed by atoms with van der Waals surface area (Å²) in [4.78, 5) is 25.6. The Bertz CT molecular complexity index is 1410. The van der Waals surface area contributed by atoms with Crippen molar-refractivity contribution in [1.29, 1.82) is 0 Å². The van der Waals surface area contributed by atoms with E-state index in [0.717, 1.165) is 36.8 Å². The van der Waals surface area contributed by atoms with Gasteiger partial charge in [0, 0.05) is 0 Å². The van der Waals surface area contributed by atoms with Gasteiger partial charge in [0.25, 0.3) is 0 Å². The van der Waals surface area contributed by atoms with Crippen LogP contribution in [0.2, 0.25) is 0 Å². The van der Waals surface area contributed by atoms with Crippen molar-refractivity contribution < 1.29 is 28.5 Å². The Morgan fingerprint density at radius 1 is 0.438 bits per heavy atom. The molecule has 0 heterocycles. The Morgan fingerprint density at radius 3 is 1.21 bits per heavy atom. The lowest BCUT2D eigenvalue weighted by Gasteiger charge is -2.10. The molecule has 0 aliphatic carbocycles. The van der Waals surface area contributed by atoms with Gasteiger partial charge in [-0.25, -0.2) is 9.59 Å². The summed E-state index contributed by atoms with van der Waals surface area (Å²) in [5, 5.41) is 0. The standard InChI is InChI=1S/C42H50O6/c1-3-5-7-9-11-13-29-45-39-19-15-17-35(31-39)41(43)47-37-25-21-33(22-26-37)34-23-27-38(28-24-34)48-42(44)36-18-16-20-40(32-36)46-30-14-12-10-8-6-4-2/h15-28,31-32H,3-14,29-30H2,1-2H3. The van der Waals surface area contributed by atoms with Gasteiger partial charge in [-0.2, -0.15) is 0 Å². The third kappa shape index (κ3) is 12.6. The number of ether oxygens (including phenoxy) is 4. The highest BCUT2D eigenvalue weighted by molar-refractivity contribution is 5.92. The summed E-state index contributed by atoms with van der Waals surface area (Å²) in [5.74, 6) is 1.37. The van der Waals surface area contributed by atoms with Crippen LogP contribution >= 0.6 is 0 Å². The maximum absolute atomic E-state index is 12.8. The Morgan fingerprint density at radius 2 is 0.812 bits per heavy atom. The fourth-order valence-corrected chi connectivity index (χ4v) is 5.33. The van der Waals surface area contributed by atoms with Gasteiger partial charge in [0.15, 0.2) is 0 Å². The van der Waals surface area contributed by atoms with Crippen molar-refractivity contribution in [2.24, 2.45) is 0 Å². The molecular weight excluding hydrogens is 600 g/mol. The van der Waals surface area contributed by atoms with E-state index in [4.69, 9.17) is 18.9 Å². The lowest BCUT2D eigenvalue weighted by molar-refractivity contribution is 0.0724. The second-order valence-electron chi connectivity index (χ2n) is 12.1. The van der Waals surface area contributed by atoms with Crippen molar-refractivity contribution in [2.75, 3.05) is 13.2 Å². The minimum atomic E-state index is -0.436. The maximum Gasteiger partial charge on any atom is 0.343 e. The summed E-state index contributed by atoms with van der Waals surface area (Å²) < 4.78 is 23.0. The zero-order valence-electron chi connectivity index (χ0n) is 28.6. The van der Waals surface area contributed by atoms with Crippen LogP contribution < -0.4 is 18.9 Å². The Hall–Kier alpha value is -4.58. The van der Waals surface area contributed by atoms with Crippen LogP contribution in [-0.2, 0) is 0 Å². The number of hydrogen-bond donors (Lipinski definition) is 0. The van der Waals surface area contributed by atoms with Crippen LogP contribution in [0.15, 0.2) is 97.1 Å². The van der Waals surface area contributed by atoms with Crippen LogP contribution in [-0.4, -0.2) is 25.2 Å². The molecule has 0 spiro atoms. The molecule has 4 aromatic carbocycles. The summed E-state index contributed by atoms with van der Waals surface area (Å²) in [6.45, 7) is 5.71. The topological polar surface area (TPSA) is 71.1 Å². The molecule has 0 N–H and O–H groups in total. The molecule has 4 rings (SSSR count). The molecule has 0 fully saturated rings. The zero-order chi connectivity index (χ0) is 33.8. The Kier molecular flexibility index (Phi) is 15.6. The molecule has 6 nitrogen and oxygen atoms in total. The molecule has 0 bridgehead atoms. The number of rotatable bonds is 21. The van der Waals surface area contributed by atoms with E-state index in [-0.39, 0.29) is 0 Å². The third-order valence-electron chi connectivity index (χ3n) is 8.14. The third-order valence-corrected chi connectivity index (χ3v) is 8.14. The summed E-state index contributed by atoms with van der Waals surface area (Å²) in [7, 11) is 0. The molecule has 6 heteroatoms. The quantitative estimate of drug-likeness (QED) is 0.0508. The van der Waals surface area contributed by atoms with Gasteiger partial charge in [0.05, 0.1) is 24.3 Å². The molecular formula is C42H50O6. The predicted molar refractivity (Wildman–Crippen MR) is 192 cm³/mol. The molecule has 0 unspecified atom stereocenters. The maximum atomic E-state index is 12.8. The van der Waals surface area contributed by atoms with E-state index in [1.165, 1.54) is 51.4 Å². The second-order valence-corrected chi connectivity index (χ2v) is 12.1. The Labute approximate surface area is 286 Å². The van der Waals surface area contributed by atoms with E-state index in [1.807, 2.05) is 36.4 Å². The van der Waals surface area contributed by atoms with Crippen molar-refractivity contribution >= 4 is 11.9 Å². The van der Waals surface area contributed by atoms with Crippen molar-refractivity contribution in [3.8, 4) is 34.1 Å². The molecule has 4 aromatic rings. The molecule has 0 radical (unpaired) electrons. The first-order valence-corrected chi connectivity index (χ1v) is 17.7. The number of carbonyl (C=O) groups excluding carboxylic acids is 2. The largest absolute Gasteiger partial charge is 0.494 e. The first-order valence-electron chi connectivity index (χ1n) is 17.7. The molecule has 254 valence electrons. The highest BCUT2D eigenvalue weighted by Gasteiger charge is 2.12. The minimum Gasteiger partial charge on any atom is -0.494 e. The molecule has 0 aromatic heterocycles. The fraction of sp³-hybridized carbons (Fsp3) is 0.381. The second kappa shape index (κ2) is 20.6. The highest BCUT2D eigenvalue weighted by atomic mass is 16.5. The fourth-order valence-electron chi connectivity index (χ4n) is 5.33. The summed E-state index contributed by atoms with van der Waals surface area (Å²) in [6, 6.07) is 28.9.